The number of hydrogen-bond donors (Lipinski definition) is 4. The van der Waals surface area contributed by atoms with E-state index in [1.54, 1.807) is 0 Å². The van der Waals surface area contributed by atoms with Crippen molar-refractivity contribution in [3.63, 3.8) is 0 Å². The number of halogens is 8. The maximum atomic E-state index is 12.2. The minimum atomic E-state index is -6.43. The zero-order valence-corrected chi connectivity index (χ0v) is 20.1. The molecule has 0 saturated carbocycles. The number of aliphatic hydroxyl groups excluding tert-OH is 2. The Bertz CT molecular complexity index is 565. The summed E-state index contributed by atoms with van der Waals surface area (Å²) in [5.41, 5.74) is 0. The first-order chi connectivity index (χ1) is 11.8. The van der Waals surface area contributed by atoms with Crippen molar-refractivity contribution in [1.82, 2.24) is 0 Å². The van der Waals surface area contributed by atoms with Gasteiger partial charge in [-0.05, 0) is 0 Å². The average molecular weight is 514 g/mol. The van der Waals surface area contributed by atoms with E-state index in [1.807, 2.05) is 0 Å². The third-order valence-corrected chi connectivity index (χ3v) is 3.87. The van der Waals surface area contributed by atoms with Crippen LogP contribution in [0.3, 0.4) is 0 Å². The maximum absolute atomic E-state index is 12.2. The Kier molecular flexibility index (Phi) is 22.4. The molecule has 168 valence electrons. The summed E-state index contributed by atoms with van der Waals surface area (Å²) in [7, 11) is -6.43. The van der Waals surface area contributed by atoms with E-state index < -0.39 is 69.6 Å². The van der Waals surface area contributed by atoms with Gasteiger partial charge in [-0.1, -0.05) is 0 Å². The standard InChI is InChI=1S/C4H6F4O4S.C4H6F4O3S.2Na.H2O2/c5-3(6,1-2-9)4(7,8)13(10,11)12;5-3(6,1-2-9)4(7,8)12(10)11;;;1-2/h9H,1-2H2,(H,10,11,12);9H,1-2H2,(H,10,11);;;1-2H/q;;2*+1;/p-2. The summed E-state index contributed by atoms with van der Waals surface area (Å²) in [4.78, 5) is 0. The Morgan fingerprint density at radius 3 is 1.28 bits per heavy atom. The summed E-state index contributed by atoms with van der Waals surface area (Å²) < 4.78 is 145. The predicted octanol–water partition coefficient (Wildman–Crippen LogP) is -5.36. The molecule has 0 aromatic carbocycles. The van der Waals surface area contributed by atoms with Crippen LogP contribution in [0.2, 0.25) is 0 Å². The molecule has 9 nitrogen and oxygen atoms in total. The first-order valence-electron chi connectivity index (χ1n) is 5.79. The zero-order chi connectivity index (χ0) is 22.9. The monoisotopic (exact) mass is 514 g/mol. The molecule has 0 aliphatic rings. The molecule has 0 spiro atoms. The van der Waals surface area contributed by atoms with E-state index in [9.17, 15) is 56.9 Å². The third kappa shape index (κ3) is 12.2. The van der Waals surface area contributed by atoms with Crippen molar-refractivity contribution in [2.75, 3.05) is 13.2 Å². The van der Waals surface area contributed by atoms with Gasteiger partial charge in [0.1, 0.15) is 0 Å². The Morgan fingerprint density at radius 2 is 1.07 bits per heavy atom. The summed E-state index contributed by atoms with van der Waals surface area (Å²) in [5, 5.41) is 17.0. The molecule has 21 heteroatoms. The summed E-state index contributed by atoms with van der Waals surface area (Å²) in [5.74, 6) is -9.78. The van der Waals surface area contributed by atoms with Gasteiger partial charge in [-0.15, -0.1) is 0 Å². The zero-order valence-electron chi connectivity index (χ0n) is 14.5. The fourth-order valence-corrected chi connectivity index (χ4v) is 1.69. The van der Waals surface area contributed by atoms with E-state index >= 15 is 0 Å². The fraction of sp³-hybridized carbons (Fsp3) is 1.00. The Labute approximate surface area is 205 Å². The van der Waals surface area contributed by atoms with Crippen LogP contribution in [-0.4, -0.2) is 78.0 Å². The molecular weight excluding hydrogens is 502 g/mol. The van der Waals surface area contributed by atoms with Crippen LogP contribution < -0.4 is 59.1 Å². The van der Waals surface area contributed by atoms with Gasteiger partial charge in [0, 0.05) is 37.1 Å². The number of rotatable bonds is 8. The van der Waals surface area contributed by atoms with Crippen molar-refractivity contribution < 1.29 is 137 Å². The van der Waals surface area contributed by atoms with Gasteiger partial charge in [-0.3, -0.25) is 14.7 Å². The van der Waals surface area contributed by atoms with Crippen LogP contribution >= 0.6 is 0 Å². The Balaban J connectivity index is -0.000000115. The predicted molar refractivity (Wildman–Crippen MR) is 67.1 cm³/mol. The van der Waals surface area contributed by atoms with E-state index in [0.717, 1.165) is 0 Å². The van der Waals surface area contributed by atoms with Gasteiger partial charge in [-0.2, -0.15) is 35.1 Å². The first kappa shape index (κ1) is 40.6. The van der Waals surface area contributed by atoms with Crippen LogP contribution in [-0.2, 0) is 21.2 Å². The molecule has 0 heterocycles. The van der Waals surface area contributed by atoms with Gasteiger partial charge in [-0.25, -0.2) is 8.42 Å². The van der Waals surface area contributed by atoms with Crippen molar-refractivity contribution in [3.05, 3.63) is 0 Å². The summed E-state index contributed by atoms with van der Waals surface area (Å²) in [6.45, 7) is -2.56. The van der Waals surface area contributed by atoms with Crippen molar-refractivity contribution in [1.29, 1.82) is 0 Å². The molecule has 0 aromatic heterocycles. The summed E-state index contributed by atoms with van der Waals surface area (Å²) in [6.07, 6.45) is -3.38. The number of alkyl halides is 8. The van der Waals surface area contributed by atoms with Crippen LogP contribution in [0.25, 0.3) is 0 Å². The Hall–Kier alpha value is 1.30. The molecule has 0 fully saturated rings. The largest absolute Gasteiger partial charge is 1.00 e. The van der Waals surface area contributed by atoms with E-state index in [1.165, 1.54) is 0 Å². The second-order valence-electron chi connectivity index (χ2n) is 4.08. The van der Waals surface area contributed by atoms with Crippen molar-refractivity contribution in [2.24, 2.45) is 0 Å². The maximum Gasteiger partial charge on any atom is 1.00 e. The molecular formula is C8H12F8Na2O9S2. The molecule has 0 rings (SSSR count). The topological polar surface area (TPSA) is 178 Å². The molecule has 29 heavy (non-hydrogen) atoms. The van der Waals surface area contributed by atoms with Gasteiger partial charge in [0.2, 0.25) is 0 Å². The van der Waals surface area contributed by atoms with Crippen LogP contribution in [0.1, 0.15) is 12.8 Å². The molecule has 0 aliphatic heterocycles. The van der Waals surface area contributed by atoms with Gasteiger partial charge in [0.15, 0.2) is 10.1 Å². The van der Waals surface area contributed by atoms with E-state index in [4.69, 9.17) is 20.7 Å². The quantitative estimate of drug-likeness (QED) is 0.0615. The molecule has 0 amide bonds. The molecule has 1 atom stereocenters. The Morgan fingerprint density at radius 1 is 0.793 bits per heavy atom. The van der Waals surface area contributed by atoms with Crippen molar-refractivity contribution in [3.8, 4) is 0 Å². The molecule has 0 aromatic rings. The smallest absolute Gasteiger partial charge is 0.768 e. The van der Waals surface area contributed by atoms with E-state index in [2.05, 4.69) is 0 Å². The van der Waals surface area contributed by atoms with E-state index in [0.29, 0.717) is 0 Å². The molecule has 0 bridgehead atoms. The van der Waals surface area contributed by atoms with E-state index in [-0.39, 0.29) is 59.1 Å². The normalized spacial score (nSPS) is 13.4. The second-order valence-corrected chi connectivity index (χ2v) is 6.48. The molecule has 0 radical (unpaired) electrons. The van der Waals surface area contributed by atoms with Crippen LogP contribution in [0.4, 0.5) is 35.1 Å². The first-order valence-corrected chi connectivity index (χ1v) is 8.28. The molecule has 0 saturated heterocycles. The molecule has 1 unspecified atom stereocenters. The third-order valence-electron chi connectivity index (χ3n) is 2.23. The molecule has 0 aliphatic carbocycles. The second kappa shape index (κ2) is 16.0. The number of hydrogen-bond acceptors (Lipinski definition) is 9. The summed E-state index contributed by atoms with van der Waals surface area (Å²) >= 11 is -4.19. The average Bonchev–Trinajstić information content (AvgIpc) is 2.48. The fourth-order valence-electron chi connectivity index (χ4n) is 0.877. The van der Waals surface area contributed by atoms with Gasteiger partial charge < -0.3 is 19.3 Å². The van der Waals surface area contributed by atoms with Crippen LogP contribution in [0, 0.1) is 0 Å². The van der Waals surface area contributed by atoms with Crippen LogP contribution in [0.15, 0.2) is 0 Å². The van der Waals surface area contributed by atoms with Gasteiger partial charge >= 0.3 is 81.5 Å². The number of aliphatic hydroxyl groups is 2. The van der Waals surface area contributed by atoms with Crippen LogP contribution in [0.5, 0.6) is 0 Å². The van der Waals surface area contributed by atoms with Crippen molar-refractivity contribution in [2.45, 2.75) is 35.2 Å². The molecule has 4 N–H and O–H groups in total. The van der Waals surface area contributed by atoms with Gasteiger partial charge in [0.25, 0.3) is 0 Å². The van der Waals surface area contributed by atoms with Crippen molar-refractivity contribution >= 4 is 21.2 Å². The minimum Gasteiger partial charge on any atom is -0.768 e. The SMILES string of the molecule is O=S(=O)([O-])C(F)(F)C(F)(F)CCO.O=S([O-])C(F)(F)C(F)(F)CCO.OO.[Na+].[Na+]. The summed E-state index contributed by atoms with van der Waals surface area (Å²) in [6, 6.07) is 0. The minimum absolute atomic E-state index is 0. The van der Waals surface area contributed by atoms with Gasteiger partial charge in [0.05, 0.1) is 0 Å².